The molecule has 3 rings (SSSR count). The number of rotatable bonds is 2. The number of aryl methyl sites for hydroxylation is 1. The van der Waals surface area contributed by atoms with Gasteiger partial charge in [0.2, 0.25) is 0 Å². The summed E-state index contributed by atoms with van der Waals surface area (Å²) in [6.07, 6.45) is 3.34. The molecule has 1 aliphatic rings. The van der Waals surface area contributed by atoms with Crippen LogP contribution in [0.3, 0.4) is 0 Å². The minimum absolute atomic E-state index is 0.277. The molecule has 0 fully saturated rings. The summed E-state index contributed by atoms with van der Waals surface area (Å²) in [5.41, 5.74) is 2.31. The van der Waals surface area contributed by atoms with Crippen LogP contribution in [0.5, 0.6) is 0 Å². The van der Waals surface area contributed by atoms with E-state index in [1.807, 2.05) is 18.2 Å². The van der Waals surface area contributed by atoms with Crippen molar-refractivity contribution in [2.45, 2.75) is 19.0 Å². The van der Waals surface area contributed by atoms with Crippen molar-refractivity contribution in [3.8, 4) is 0 Å². The van der Waals surface area contributed by atoms with Gasteiger partial charge in [0.1, 0.15) is 6.04 Å². The third-order valence-electron chi connectivity index (χ3n) is 3.83. The standard InChI is InChI=1S/C15H14BrN3O3/c1-18-7-10(6-17-18)14(20)19-8-9-3-2-4-12(16)11(9)5-13(19)15(21)22/h2-4,6-7,13H,5,8H2,1H3,(H,21,22). The lowest BCUT2D eigenvalue weighted by molar-refractivity contribution is -0.142. The van der Waals surface area contributed by atoms with E-state index in [1.54, 1.807) is 13.2 Å². The van der Waals surface area contributed by atoms with Crippen LogP contribution in [0.25, 0.3) is 0 Å². The number of nitrogens with zero attached hydrogens (tertiary/aromatic N) is 3. The molecule has 2 heterocycles. The highest BCUT2D eigenvalue weighted by molar-refractivity contribution is 9.10. The van der Waals surface area contributed by atoms with E-state index < -0.39 is 12.0 Å². The molecule has 0 bridgehead atoms. The van der Waals surface area contributed by atoms with Crippen molar-refractivity contribution in [2.24, 2.45) is 7.05 Å². The van der Waals surface area contributed by atoms with Crippen molar-refractivity contribution in [3.05, 3.63) is 51.8 Å². The van der Waals surface area contributed by atoms with Crippen molar-refractivity contribution >= 4 is 27.8 Å². The quantitative estimate of drug-likeness (QED) is 0.882. The molecule has 6 nitrogen and oxygen atoms in total. The first-order valence-electron chi connectivity index (χ1n) is 6.76. The Morgan fingerprint density at radius 2 is 2.18 bits per heavy atom. The highest BCUT2D eigenvalue weighted by Crippen LogP contribution is 2.30. The third kappa shape index (κ3) is 2.52. The van der Waals surface area contributed by atoms with Gasteiger partial charge in [0.15, 0.2) is 0 Å². The fraction of sp³-hybridized carbons (Fsp3) is 0.267. The van der Waals surface area contributed by atoms with Crippen LogP contribution in [0, 0.1) is 0 Å². The zero-order valence-electron chi connectivity index (χ0n) is 11.9. The first-order chi connectivity index (χ1) is 10.5. The molecule has 1 aromatic carbocycles. The van der Waals surface area contributed by atoms with Crippen LogP contribution >= 0.6 is 15.9 Å². The smallest absolute Gasteiger partial charge is 0.326 e. The minimum atomic E-state index is -1.00. The van der Waals surface area contributed by atoms with Crippen molar-refractivity contribution in [1.29, 1.82) is 0 Å². The predicted molar refractivity (Wildman–Crippen MR) is 82.4 cm³/mol. The lowest BCUT2D eigenvalue weighted by atomic mass is 9.93. The Morgan fingerprint density at radius 1 is 1.41 bits per heavy atom. The molecule has 0 radical (unpaired) electrons. The Morgan fingerprint density at radius 3 is 2.82 bits per heavy atom. The van der Waals surface area contributed by atoms with Gasteiger partial charge in [-0.25, -0.2) is 4.79 Å². The normalized spacial score (nSPS) is 17.2. The molecule has 0 aliphatic carbocycles. The first-order valence-corrected chi connectivity index (χ1v) is 7.55. The number of hydrogen-bond acceptors (Lipinski definition) is 3. The van der Waals surface area contributed by atoms with Gasteiger partial charge in [0.25, 0.3) is 5.91 Å². The fourth-order valence-electron chi connectivity index (χ4n) is 2.71. The summed E-state index contributed by atoms with van der Waals surface area (Å²) in [5.74, 6) is -1.32. The lowest BCUT2D eigenvalue weighted by Gasteiger charge is -2.34. The monoisotopic (exact) mass is 363 g/mol. The van der Waals surface area contributed by atoms with E-state index in [4.69, 9.17) is 0 Å². The molecule has 1 aromatic heterocycles. The third-order valence-corrected chi connectivity index (χ3v) is 4.57. The molecule has 1 unspecified atom stereocenters. The highest BCUT2D eigenvalue weighted by atomic mass is 79.9. The Bertz CT molecular complexity index is 756. The van der Waals surface area contributed by atoms with Gasteiger partial charge >= 0.3 is 5.97 Å². The molecular formula is C15H14BrN3O3. The maximum Gasteiger partial charge on any atom is 0.326 e. The number of benzene rings is 1. The van der Waals surface area contributed by atoms with Crippen LogP contribution in [0.1, 0.15) is 21.5 Å². The molecule has 1 atom stereocenters. The number of fused-ring (bicyclic) bond motifs is 1. The van der Waals surface area contributed by atoms with E-state index in [0.717, 1.165) is 15.6 Å². The van der Waals surface area contributed by atoms with E-state index >= 15 is 0 Å². The number of carbonyl (C=O) groups excluding carboxylic acids is 1. The van der Waals surface area contributed by atoms with E-state index in [2.05, 4.69) is 21.0 Å². The summed E-state index contributed by atoms with van der Waals surface area (Å²) in [4.78, 5) is 25.6. The average molecular weight is 364 g/mol. The average Bonchev–Trinajstić information content (AvgIpc) is 2.92. The largest absolute Gasteiger partial charge is 0.480 e. The second kappa shape index (κ2) is 5.57. The second-order valence-corrected chi connectivity index (χ2v) is 6.13. The molecule has 0 saturated heterocycles. The van der Waals surface area contributed by atoms with Crippen LogP contribution < -0.4 is 0 Å². The van der Waals surface area contributed by atoms with Crippen LogP contribution in [-0.2, 0) is 24.8 Å². The first kappa shape index (κ1) is 14.8. The van der Waals surface area contributed by atoms with E-state index in [-0.39, 0.29) is 18.9 Å². The van der Waals surface area contributed by atoms with Crippen molar-refractivity contribution in [3.63, 3.8) is 0 Å². The zero-order chi connectivity index (χ0) is 15.9. The maximum absolute atomic E-state index is 12.6. The molecule has 2 aromatic rings. The summed E-state index contributed by atoms with van der Waals surface area (Å²) >= 11 is 3.45. The predicted octanol–water partition coefficient (Wildman–Crippen LogP) is 1.83. The fourth-order valence-corrected chi connectivity index (χ4v) is 3.28. The van der Waals surface area contributed by atoms with Crippen LogP contribution in [0.4, 0.5) is 0 Å². The van der Waals surface area contributed by atoms with Gasteiger partial charge in [0, 0.05) is 30.7 Å². The Hall–Kier alpha value is -2.15. The van der Waals surface area contributed by atoms with Crippen LogP contribution in [0.15, 0.2) is 35.1 Å². The molecular weight excluding hydrogens is 350 g/mol. The second-order valence-electron chi connectivity index (χ2n) is 5.27. The van der Waals surface area contributed by atoms with Crippen molar-refractivity contribution in [1.82, 2.24) is 14.7 Å². The van der Waals surface area contributed by atoms with Gasteiger partial charge in [-0.15, -0.1) is 0 Å². The Labute approximate surface area is 135 Å². The summed E-state index contributed by atoms with van der Waals surface area (Å²) in [7, 11) is 1.72. The Kier molecular flexibility index (Phi) is 3.74. The number of amides is 1. The van der Waals surface area contributed by atoms with Crippen molar-refractivity contribution < 1.29 is 14.7 Å². The van der Waals surface area contributed by atoms with E-state index in [0.29, 0.717) is 5.56 Å². The van der Waals surface area contributed by atoms with E-state index in [1.165, 1.54) is 15.8 Å². The number of carbonyl (C=O) groups is 2. The highest BCUT2D eigenvalue weighted by Gasteiger charge is 2.36. The Balaban J connectivity index is 1.99. The van der Waals surface area contributed by atoms with Gasteiger partial charge in [0.05, 0.1) is 11.8 Å². The van der Waals surface area contributed by atoms with Gasteiger partial charge in [-0.2, -0.15) is 5.10 Å². The number of halogens is 1. The molecule has 7 heteroatoms. The van der Waals surface area contributed by atoms with Crippen LogP contribution in [-0.4, -0.2) is 37.7 Å². The number of hydrogen-bond donors (Lipinski definition) is 1. The van der Waals surface area contributed by atoms with E-state index in [9.17, 15) is 14.7 Å². The molecule has 114 valence electrons. The molecule has 1 aliphatic heterocycles. The molecule has 1 amide bonds. The van der Waals surface area contributed by atoms with Crippen LogP contribution in [0.2, 0.25) is 0 Å². The van der Waals surface area contributed by atoms with Gasteiger partial charge < -0.3 is 10.0 Å². The van der Waals surface area contributed by atoms with Gasteiger partial charge in [-0.1, -0.05) is 28.1 Å². The number of carboxylic acid groups (broad SMARTS) is 1. The number of carboxylic acids is 1. The molecule has 0 saturated carbocycles. The molecule has 22 heavy (non-hydrogen) atoms. The summed E-state index contributed by atoms with van der Waals surface area (Å²) in [6, 6.07) is 4.81. The number of aromatic nitrogens is 2. The van der Waals surface area contributed by atoms with Gasteiger partial charge in [-0.3, -0.25) is 9.48 Å². The molecule has 0 spiro atoms. The van der Waals surface area contributed by atoms with Crippen molar-refractivity contribution in [2.75, 3.05) is 0 Å². The lowest BCUT2D eigenvalue weighted by Crippen LogP contribution is -2.48. The summed E-state index contributed by atoms with van der Waals surface area (Å²) in [6.45, 7) is 0.277. The molecule has 1 N–H and O–H groups in total. The SMILES string of the molecule is Cn1cc(C(=O)N2Cc3cccc(Br)c3CC2C(=O)O)cn1. The van der Waals surface area contributed by atoms with Gasteiger partial charge in [-0.05, 0) is 17.2 Å². The summed E-state index contributed by atoms with van der Waals surface area (Å²) < 4.78 is 2.40. The minimum Gasteiger partial charge on any atom is -0.480 e. The topological polar surface area (TPSA) is 75.4 Å². The maximum atomic E-state index is 12.6. The number of aliphatic carboxylic acids is 1. The summed E-state index contributed by atoms with van der Waals surface area (Å²) in [5, 5.41) is 13.5. The zero-order valence-corrected chi connectivity index (χ0v) is 13.4.